The van der Waals surface area contributed by atoms with Gasteiger partial charge in [0.1, 0.15) is 5.54 Å². The molecular weight excluding hydrogens is 250 g/mol. The summed E-state index contributed by atoms with van der Waals surface area (Å²) in [5.41, 5.74) is 3.51. The minimum Gasteiger partial charge on any atom is -0.480 e. The Bertz CT molecular complexity index is 372. The minimum absolute atomic E-state index is 0.0213. The van der Waals surface area contributed by atoms with Crippen LogP contribution in [0.5, 0.6) is 0 Å². The van der Waals surface area contributed by atoms with E-state index in [-0.39, 0.29) is 12.5 Å². The predicted molar refractivity (Wildman–Crippen MR) is 68.0 cm³/mol. The first kappa shape index (κ1) is 15.4. The third-order valence-electron chi connectivity index (χ3n) is 3.40. The molecular formula is C12H21N3O4. The van der Waals surface area contributed by atoms with E-state index in [9.17, 15) is 19.5 Å². The van der Waals surface area contributed by atoms with Crippen molar-refractivity contribution in [3.8, 4) is 0 Å². The van der Waals surface area contributed by atoms with Crippen LogP contribution in [-0.4, -0.2) is 46.4 Å². The quantitative estimate of drug-likeness (QED) is 0.605. The summed E-state index contributed by atoms with van der Waals surface area (Å²) < 4.78 is 0. The third-order valence-corrected chi connectivity index (χ3v) is 3.40. The molecule has 0 aliphatic carbocycles. The first-order valence-electron chi connectivity index (χ1n) is 6.46. The highest BCUT2D eigenvalue weighted by Crippen LogP contribution is 2.33. The van der Waals surface area contributed by atoms with Crippen LogP contribution in [-0.2, 0) is 14.4 Å². The van der Waals surface area contributed by atoms with Crippen molar-refractivity contribution in [2.45, 2.75) is 45.1 Å². The number of carbonyl (C=O) groups is 3. The zero-order valence-corrected chi connectivity index (χ0v) is 11.4. The summed E-state index contributed by atoms with van der Waals surface area (Å²) in [6.45, 7) is 3.78. The van der Waals surface area contributed by atoms with E-state index in [1.807, 2.05) is 6.92 Å². The Morgan fingerprint density at radius 2 is 2.00 bits per heavy atom. The highest BCUT2D eigenvalue weighted by Gasteiger charge is 2.47. The number of hydrazine groups is 1. The lowest BCUT2D eigenvalue weighted by Crippen LogP contribution is -2.55. The maximum absolute atomic E-state index is 11.7. The number of aliphatic carboxylic acids is 1. The first-order chi connectivity index (χ1) is 8.92. The summed E-state index contributed by atoms with van der Waals surface area (Å²) in [4.78, 5) is 35.6. The number of carbonyl (C=O) groups excluding carboxylic acids is 2. The van der Waals surface area contributed by atoms with E-state index >= 15 is 0 Å². The van der Waals surface area contributed by atoms with Gasteiger partial charge in [-0.15, -0.1) is 0 Å². The number of amides is 2. The largest absolute Gasteiger partial charge is 0.480 e. The Balaban J connectivity index is 2.67. The number of rotatable bonds is 5. The normalized spacial score (nSPS) is 23.1. The topological polar surface area (TPSA) is 98.7 Å². The number of hydrogen-bond donors (Lipinski definition) is 3. The molecule has 3 N–H and O–H groups in total. The van der Waals surface area contributed by atoms with Crippen molar-refractivity contribution in [3.05, 3.63) is 0 Å². The molecule has 19 heavy (non-hydrogen) atoms. The zero-order chi connectivity index (χ0) is 14.5. The Hall–Kier alpha value is -1.63. The number of hydrogen-bond acceptors (Lipinski definition) is 4. The van der Waals surface area contributed by atoms with Crippen LogP contribution >= 0.6 is 0 Å². The lowest BCUT2D eigenvalue weighted by molar-refractivity contribution is -0.151. The van der Waals surface area contributed by atoms with Gasteiger partial charge in [0.25, 0.3) is 5.91 Å². The summed E-state index contributed by atoms with van der Waals surface area (Å²) in [6.07, 6.45) is 2.59. The summed E-state index contributed by atoms with van der Waals surface area (Å²) >= 11 is 0. The fourth-order valence-electron chi connectivity index (χ4n) is 2.58. The average Bonchev–Trinajstić information content (AvgIpc) is 2.71. The number of nitrogens with one attached hydrogen (secondary N) is 2. The van der Waals surface area contributed by atoms with Crippen molar-refractivity contribution in [1.82, 2.24) is 15.8 Å². The second kappa shape index (κ2) is 6.51. The molecule has 1 saturated heterocycles. The van der Waals surface area contributed by atoms with Gasteiger partial charge in [0, 0.05) is 6.92 Å². The highest BCUT2D eigenvalue weighted by atomic mass is 16.4. The standard InChI is InChI=1S/C12H21N3O4/c1-3-5-12(11(18)19)6-4-7-15(12)8-10(17)14-13-9(2)16/h3-8H2,1-2H3,(H,13,16)(H,14,17)(H,18,19). The van der Waals surface area contributed by atoms with Gasteiger partial charge >= 0.3 is 5.97 Å². The minimum atomic E-state index is -0.942. The molecule has 1 heterocycles. The SMILES string of the molecule is CCCC1(C(=O)O)CCCN1CC(=O)NNC(C)=O. The molecule has 0 aromatic carbocycles. The molecule has 0 saturated carbocycles. The van der Waals surface area contributed by atoms with Gasteiger partial charge in [0.05, 0.1) is 6.54 Å². The van der Waals surface area contributed by atoms with Crippen LogP contribution < -0.4 is 10.9 Å². The van der Waals surface area contributed by atoms with Gasteiger partial charge < -0.3 is 5.11 Å². The molecule has 1 rings (SSSR count). The molecule has 108 valence electrons. The number of nitrogens with zero attached hydrogens (tertiary/aromatic N) is 1. The van der Waals surface area contributed by atoms with E-state index in [2.05, 4.69) is 10.9 Å². The second-order valence-corrected chi connectivity index (χ2v) is 4.84. The highest BCUT2D eigenvalue weighted by molar-refractivity contribution is 5.84. The van der Waals surface area contributed by atoms with Gasteiger partial charge in [-0.05, 0) is 25.8 Å². The summed E-state index contributed by atoms with van der Waals surface area (Å²) in [6, 6.07) is 0. The van der Waals surface area contributed by atoms with E-state index in [0.717, 1.165) is 12.8 Å². The van der Waals surface area contributed by atoms with E-state index < -0.39 is 17.4 Å². The molecule has 0 aromatic heterocycles. The Kier molecular flexibility index (Phi) is 5.29. The van der Waals surface area contributed by atoms with Gasteiger partial charge in [0.2, 0.25) is 5.91 Å². The van der Waals surface area contributed by atoms with Gasteiger partial charge in [-0.3, -0.25) is 30.1 Å². The molecule has 1 fully saturated rings. The van der Waals surface area contributed by atoms with E-state index in [1.165, 1.54) is 6.92 Å². The molecule has 0 bridgehead atoms. The molecule has 7 heteroatoms. The summed E-state index contributed by atoms with van der Waals surface area (Å²) in [5.74, 6) is -1.65. The van der Waals surface area contributed by atoms with E-state index in [0.29, 0.717) is 19.4 Å². The number of likely N-dealkylation sites (tertiary alicyclic amines) is 1. The average molecular weight is 271 g/mol. The lowest BCUT2D eigenvalue weighted by Gasteiger charge is -2.34. The molecule has 0 spiro atoms. The Morgan fingerprint density at radius 1 is 1.32 bits per heavy atom. The molecule has 0 aromatic rings. The number of carboxylic acids is 1. The van der Waals surface area contributed by atoms with Crippen molar-refractivity contribution < 1.29 is 19.5 Å². The van der Waals surface area contributed by atoms with Crippen LogP contribution in [0, 0.1) is 0 Å². The monoisotopic (exact) mass is 271 g/mol. The van der Waals surface area contributed by atoms with Crippen LogP contribution in [0.3, 0.4) is 0 Å². The van der Waals surface area contributed by atoms with Gasteiger partial charge in [-0.25, -0.2) is 0 Å². The maximum atomic E-state index is 11.7. The Labute approximate surface area is 112 Å². The fourth-order valence-corrected chi connectivity index (χ4v) is 2.58. The third kappa shape index (κ3) is 3.66. The molecule has 1 atom stereocenters. The molecule has 7 nitrogen and oxygen atoms in total. The summed E-state index contributed by atoms with van der Waals surface area (Å²) in [5, 5.41) is 9.45. The second-order valence-electron chi connectivity index (χ2n) is 4.84. The summed E-state index contributed by atoms with van der Waals surface area (Å²) in [7, 11) is 0. The van der Waals surface area contributed by atoms with Crippen molar-refractivity contribution >= 4 is 17.8 Å². The zero-order valence-electron chi connectivity index (χ0n) is 11.4. The molecule has 1 unspecified atom stereocenters. The van der Waals surface area contributed by atoms with Crippen LogP contribution in [0.2, 0.25) is 0 Å². The van der Waals surface area contributed by atoms with Crippen molar-refractivity contribution in [1.29, 1.82) is 0 Å². The molecule has 1 aliphatic heterocycles. The molecule has 1 aliphatic rings. The maximum Gasteiger partial charge on any atom is 0.324 e. The lowest BCUT2D eigenvalue weighted by atomic mass is 9.90. The van der Waals surface area contributed by atoms with Gasteiger partial charge in [-0.2, -0.15) is 0 Å². The van der Waals surface area contributed by atoms with Crippen LogP contribution in [0.4, 0.5) is 0 Å². The molecule has 2 amide bonds. The van der Waals surface area contributed by atoms with Crippen molar-refractivity contribution in [2.75, 3.05) is 13.1 Å². The van der Waals surface area contributed by atoms with Crippen LogP contribution in [0.25, 0.3) is 0 Å². The van der Waals surface area contributed by atoms with Gasteiger partial charge in [-0.1, -0.05) is 13.3 Å². The smallest absolute Gasteiger partial charge is 0.324 e. The van der Waals surface area contributed by atoms with Crippen LogP contribution in [0.1, 0.15) is 39.5 Å². The van der Waals surface area contributed by atoms with E-state index in [4.69, 9.17) is 0 Å². The van der Waals surface area contributed by atoms with Crippen LogP contribution in [0.15, 0.2) is 0 Å². The van der Waals surface area contributed by atoms with E-state index in [1.54, 1.807) is 4.90 Å². The predicted octanol–water partition coefficient (Wildman–Crippen LogP) is -0.127. The van der Waals surface area contributed by atoms with Crippen molar-refractivity contribution in [2.24, 2.45) is 0 Å². The number of carboxylic acid groups (broad SMARTS) is 1. The fraction of sp³-hybridized carbons (Fsp3) is 0.750. The van der Waals surface area contributed by atoms with Gasteiger partial charge in [0.15, 0.2) is 0 Å². The van der Waals surface area contributed by atoms with Crippen molar-refractivity contribution in [3.63, 3.8) is 0 Å². The molecule has 0 radical (unpaired) electrons. The Morgan fingerprint density at radius 3 is 2.53 bits per heavy atom. The first-order valence-corrected chi connectivity index (χ1v) is 6.46.